The van der Waals surface area contributed by atoms with Gasteiger partial charge in [0, 0.05) is 44.6 Å². The lowest BCUT2D eigenvalue weighted by atomic mass is 10.00. The Morgan fingerprint density at radius 1 is 0.382 bits per heavy atom. The van der Waals surface area contributed by atoms with Gasteiger partial charge in [0.2, 0.25) is 11.8 Å². The van der Waals surface area contributed by atoms with Crippen molar-refractivity contribution < 1.29 is 4.74 Å². The zero-order chi connectivity index (χ0) is 37.1. The topological polar surface area (TPSA) is 65.1 Å². The van der Waals surface area contributed by atoms with Gasteiger partial charge < -0.3 is 14.2 Å². The van der Waals surface area contributed by atoms with Crippen molar-refractivity contribution in [3.05, 3.63) is 217 Å². The molecule has 0 amide bonds. The van der Waals surface area contributed by atoms with Gasteiger partial charge in [-0.1, -0.05) is 109 Å². The molecule has 5 nitrogen and oxygen atoms in total. The fourth-order valence-corrected chi connectivity index (χ4v) is 7.27. The molecule has 0 aliphatic carbocycles. The second kappa shape index (κ2) is 14.5. The maximum Gasteiger partial charge on any atom is 0.221 e. The Bertz CT molecular complexity index is 2780. The van der Waals surface area contributed by atoms with E-state index < -0.39 is 0 Å². The van der Waals surface area contributed by atoms with Crippen molar-refractivity contribution in [1.29, 1.82) is 10.8 Å². The van der Waals surface area contributed by atoms with Crippen LogP contribution in [0.4, 0.5) is 17.1 Å². The molecule has 0 saturated carbocycles. The van der Waals surface area contributed by atoms with Crippen LogP contribution in [-0.4, -0.2) is 16.4 Å². The largest absolute Gasteiger partial charge is 0.421 e. The lowest BCUT2D eigenvalue weighted by molar-refractivity contribution is 0.538. The van der Waals surface area contributed by atoms with Crippen molar-refractivity contribution >= 4 is 50.7 Å². The van der Waals surface area contributed by atoms with Gasteiger partial charge >= 0.3 is 0 Å². The highest BCUT2D eigenvalue weighted by Gasteiger charge is 2.17. The number of anilines is 3. The summed E-state index contributed by atoms with van der Waals surface area (Å²) in [5, 5.41) is 19.3. The van der Waals surface area contributed by atoms with Gasteiger partial charge in [-0.25, -0.2) is 0 Å². The molecule has 262 valence electrons. The molecular formula is C50H36N4O. The minimum atomic E-state index is -0.0730. The van der Waals surface area contributed by atoms with E-state index in [1.54, 1.807) is 12.1 Å². The number of fused-ring (bicyclic) bond motifs is 3. The molecule has 0 radical (unpaired) electrons. The third kappa shape index (κ3) is 6.56. The molecule has 55 heavy (non-hydrogen) atoms. The van der Waals surface area contributed by atoms with E-state index >= 15 is 0 Å². The minimum absolute atomic E-state index is 0.0567. The Morgan fingerprint density at radius 2 is 0.782 bits per heavy atom. The molecule has 8 aromatic carbocycles. The lowest BCUT2D eigenvalue weighted by Crippen LogP contribution is -2.13. The normalized spacial score (nSPS) is 11.1. The second-order valence-electron chi connectivity index (χ2n) is 13.4. The maximum atomic E-state index is 8.53. The van der Waals surface area contributed by atoms with E-state index in [0.717, 1.165) is 33.9 Å². The van der Waals surface area contributed by atoms with Crippen molar-refractivity contribution in [3.63, 3.8) is 0 Å². The number of ether oxygens (including phenoxy) is 1. The zero-order valence-corrected chi connectivity index (χ0v) is 29.9. The number of hydrogen-bond acceptors (Lipinski definition) is 4. The highest BCUT2D eigenvalue weighted by atomic mass is 16.5. The van der Waals surface area contributed by atoms with E-state index in [9.17, 15) is 0 Å². The van der Waals surface area contributed by atoms with Crippen LogP contribution < -0.4 is 4.90 Å². The number of hydrogen-bond donors (Lipinski definition) is 2. The van der Waals surface area contributed by atoms with Crippen LogP contribution in [0.1, 0.15) is 11.1 Å². The molecule has 9 aromatic rings. The van der Waals surface area contributed by atoms with Gasteiger partial charge in [-0.3, -0.25) is 10.8 Å². The predicted molar refractivity (Wildman–Crippen MR) is 228 cm³/mol. The summed E-state index contributed by atoms with van der Waals surface area (Å²) in [5.74, 6) is -0.130. The molecule has 0 aliphatic heterocycles. The summed E-state index contributed by atoms with van der Waals surface area (Å²) in [4.78, 5) is 2.20. The smallest absolute Gasteiger partial charge is 0.221 e. The van der Waals surface area contributed by atoms with E-state index in [1.165, 1.54) is 32.9 Å². The van der Waals surface area contributed by atoms with Crippen LogP contribution in [0, 0.1) is 10.8 Å². The van der Waals surface area contributed by atoms with Crippen LogP contribution in [-0.2, 0) is 4.74 Å². The summed E-state index contributed by atoms with van der Waals surface area (Å²) >= 11 is 0. The molecule has 0 spiro atoms. The predicted octanol–water partition coefficient (Wildman–Crippen LogP) is 13.0. The number of aromatic nitrogens is 1. The summed E-state index contributed by atoms with van der Waals surface area (Å²) in [6, 6.07) is 70.6. The Labute approximate surface area is 320 Å². The number of para-hydroxylation sites is 2. The maximum absolute atomic E-state index is 8.53. The fraction of sp³-hybridized carbons (Fsp3) is 0. The van der Waals surface area contributed by atoms with E-state index in [4.69, 9.17) is 15.6 Å². The molecule has 2 N–H and O–H groups in total. The highest BCUT2D eigenvalue weighted by Crippen LogP contribution is 2.39. The second-order valence-corrected chi connectivity index (χ2v) is 13.4. The molecular weight excluding hydrogens is 673 g/mol. The van der Waals surface area contributed by atoms with Crippen LogP contribution in [0.15, 0.2) is 206 Å². The molecule has 5 heteroatoms. The number of nitrogens with zero attached hydrogens (tertiary/aromatic N) is 2. The van der Waals surface area contributed by atoms with Crippen LogP contribution >= 0.6 is 0 Å². The van der Waals surface area contributed by atoms with Gasteiger partial charge in [0.05, 0.1) is 11.0 Å². The third-order valence-electron chi connectivity index (χ3n) is 9.99. The summed E-state index contributed by atoms with van der Waals surface area (Å²) < 4.78 is 7.96. The summed E-state index contributed by atoms with van der Waals surface area (Å²) in [5.41, 5.74) is 12.3. The standard InChI is InChI=1S/C50H36N4O/c51-49(37-15-7-2-8-16-37)55-50(52)38-23-29-44(30-24-38)53(41-17-9-3-10-18-41)43-27-21-36(22-28-43)40-26-32-48-46(34-40)45-33-39(35-13-5-1-6-14-35)25-31-47(45)54(48)42-19-11-4-12-20-42/h1-34,51-52H. The van der Waals surface area contributed by atoms with Crippen LogP contribution in [0.3, 0.4) is 0 Å². The van der Waals surface area contributed by atoms with Crippen molar-refractivity contribution in [2.24, 2.45) is 0 Å². The minimum Gasteiger partial charge on any atom is -0.421 e. The first-order chi connectivity index (χ1) is 27.1. The molecule has 0 bridgehead atoms. The van der Waals surface area contributed by atoms with Gasteiger partial charge in [0.25, 0.3) is 0 Å². The van der Waals surface area contributed by atoms with E-state index in [1.807, 2.05) is 60.7 Å². The molecule has 0 fully saturated rings. The van der Waals surface area contributed by atoms with E-state index in [0.29, 0.717) is 11.1 Å². The molecule has 0 aliphatic rings. The number of rotatable bonds is 8. The quantitative estimate of drug-likeness (QED) is 0.122. The first-order valence-corrected chi connectivity index (χ1v) is 18.3. The molecule has 0 atom stereocenters. The van der Waals surface area contributed by atoms with Gasteiger partial charge in [0.15, 0.2) is 0 Å². The van der Waals surface area contributed by atoms with Gasteiger partial charge in [-0.2, -0.15) is 0 Å². The first kappa shape index (κ1) is 33.3. The number of benzene rings is 8. The Hall–Kier alpha value is -7.50. The zero-order valence-electron chi connectivity index (χ0n) is 29.9. The molecule has 1 aromatic heterocycles. The molecule has 0 saturated heterocycles. The number of nitrogens with one attached hydrogen (secondary N) is 2. The average Bonchev–Trinajstić information content (AvgIpc) is 3.58. The van der Waals surface area contributed by atoms with Crippen molar-refractivity contribution in [3.8, 4) is 27.9 Å². The van der Waals surface area contributed by atoms with Gasteiger partial charge in [-0.05, 0) is 119 Å². The Kier molecular flexibility index (Phi) is 8.79. The molecule has 1 heterocycles. The van der Waals surface area contributed by atoms with Gasteiger partial charge in [-0.15, -0.1) is 0 Å². The summed E-state index contributed by atoms with van der Waals surface area (Å²) in [6.45, 7) is 0. The van der Waals surface area contributed by atoms with E-state index in [2.05, 4.69) is 143 Å². The third-order valence-corrected chi connectivity index (χ3v) is 9.99. The van der Waals surface area contributed by atoms with Crippen LogP contribution in [0.5, 0.6) is 0 Å². The monoisotopic (exact) mass is 708 g/mol. The Balaban J connectivity index is 1.06. The SMILES string of the molecule is N=C(OC(=N)c1ccc(N(c2ccccc2)c2ccc(-c3ccc4c(c3)c3cc(-c5ccccc5)ccc3n4-c3ccccc3)cc2)cc1)c1ccccc1. The summed E-state index contributed by atoms with van der Waals surface area (Å²) in [6.07, 6.45) is 0. The summed E-state index contributed by atoms with van der Waals surface area (Å²) in [7, 11) is 0. The fourth-order valence-electron chi connectivity index (χ4n) is 7.27. The van der Waals surface area contributed by atoms with E-state index in [-0.39, 0.29) is 11.8 Å². The van der Waals surface area contributed by atoms with Crippen molar-refractivity contribution in [2.45, 2.75) is 0 Å². The van der Waals surface area contributed by atoms with Crippen molar-refractivity contribution in [1.82, 2.24) is 4.57 Å². The van der Waals surface area contributed by atoms with Crippen LogP contribution in [0.25, 0.3) is 49.7 Å². The lowest BCUT2D eigenvalue weighted by Gasteiger charge is -2.26. The van der Waals surface area contributed by atoms with Crippen molar-refractivity contribution in [2.75, 3.05) is 4.90 Å². The first-order valence-electron chi connectivity index (χ1n) is 18.3. The highest BCUT2D eigenvalue weighted by molar-refractivity contribution is 6.11. The Morgan fingerprint density at radius 3 is 1.33 bits per heavy atom. The average molecular weight is 709 g/mol. The van der Waals surface area contributed by atoms with Crippen LogP contribution in [0.2, 0.25) is 0 Å². The molecule has 0 unspecified atom stereocenters. The van der Waals surface area contributed by atoms with Gasteiger partial charge in [0.1, 0.15) is 0 Å². The molecule has 9 rings (SSSR count).